The van der Waals surface area contributed by atoms with Crippen LogP contribution in [0.5, 0.6) is 0 Å². The highest BCUT2D eigenvalue weighted by Gasteiger charge is 2.50. The summed E-state index contributed by atoms with van der Waals surface area (Å²) in [4.78, 5) is 0. The number of aliphatic hydroxyl groups excluding tert-OH is 2. The van der Waals surface area contributed by atoms with Gasteiger partial charge in [-0.3, -0.25) is 0 Å². The van der Waals surface area contributed by atoms with E-state index < -0.39 is 0 Å². The van der Waals surface area contributed by atoms with Gasteiger partial charge in [-0.1, -0.05) is 64.5 Å². The fourth-order valence-electron chi connectivity index (χ4n) is 6.42. The summed E-state index contributed by atoms with van der Waals surface area (Å²) in [6.07, 6.45) is 15.4. The Morgan fingerprint density at radius 3 is 2.53 bits per heavy atom. The van der Waals surface area contributed by atoms with Crippen LogP contribution in [-0.2, 0) is 0 Å². The van der Waals surface area contributed by atoms with E-state index in [0.29, 0.717) is 34.8 Å². The van der Waals surface area contributed by atoms with Crippen LogP contribution in [0.15, 0.2) is 47.3 Å². The Morgan fingerprint density at radius 1 is 1.10 bits per heavy atom. The molecule has 3 aliphatic carbocycles. The van der Waals surface area contributed by atoms with Crippen LogP contribution in [0.3, 0.4) is 0 Å². The monoisotopic (exact) mass is 412 g/mol. The van der Waals surface area contributed by atoms with Gasteiger partial charge in [-0.15, -0.1) is 0 Å². The van der Waals surface area contributed by atoms with Gasteiger partial charge in [-0.05, 0) is 92.1 Å². The molecule has 0 radical (unpaired) electrons. The first-order chi connectivity index (χ1) is 14.1. The van der Waals surface area contributed by atoms with Gasteiger partial charge in [0.15, 0.2) is 0 Å². The average molecular weight is 413 g/mol. The molecule has 0 unspecified atom stereocenters. The van der Waals surface area contributed by atoms with E-state index >= 15 is 0 Å². The Bertz CT molecular complexity index is 725. The molecule has 6 atom stereocenters. The van der Waals surface area contributed by atoms with E-state index in [1.54, 1.807) is 5.57 Å². The summed E-state index contributed by atoms with van der Waals surface area (Å²) in [5.74, 6) is 2.96. The van der Waals surface area contributed by atoms with Gasteiger partial charge in [0, 0.05) is 5.92 Å². The Balaban J connectivity index is 1.78. The van der Waals surface area contributed by atoms with Crippen molar-refractivity contribution in [3.8, 4) is 0 Å². The molecule has 3 saturated carbocycles. The van der Waals surface area contributed by atoms with Gasteiger partial charge in [0.2, 0.25) is 0 Å². The van der Waals surface area contributed by atoms with Crippen LogP contribution in [0.2, 0.25) is 0 Å². The summed E-state index contributed by atoms with van der Waals surface area (Å²) in [5.41, 5.74) is 4.37. The largest absolute Gasteiger partial charge is 0.512 e. The molecular weight excluding hydrogens is 368 g/mol. The number of aliphatic hydroxyl groups is 2. The van der Waals surface area contributed by atoms with Gasteiger partial charge in [-0.2, -0.15) is 0 Å². The molecule has 3 aliphatic rings. The van der Waals surface area contributed by atoms with Gasteiger partial charge in [-0.25, -0.2) is 0 Å². The van der Waals surface area contributed by atoms with Crippen LogP contribution in [0.4, 0.5) is 0 Å². The maximum atomic E-state index is 10.6. The van der Waals surface area contributed by atoms with E-state index in [4.69, 9.17) is 0 Å². The number of rotatable bonds is 5. The minimum atomic E-state index is -0.207. The van der Waals surface area contributed by atoms with Crippen LogP contribution in [-0.4, -0.2) is 16.3 Å². The van der Waals surface area contributed by atoms with Crippen molar-refractivity contribution >= 4 is 0 Å². The molecule has 0 amide bonds. The summed E-state index contributed by atoms with van der Waals surface area (Å²) in [6.45, 7) is 15.5. The minimum Gasteiger partial charge on any atom is -0.512 e. The van der Waals surface area contributed by atoms with Crippen LogP contribution in [0.1, 0.15) is 86.0 Å². The first kappa shape index (κ1) is 23.4. The molecule has 3 rings (SSSR count). The fourth-order valence-corrected chi connectivity index (χ4v) is 6.42. The van der Waals surface area contributed by atoms with Crippen molar-refractivity contribution in [1.29, 1.82) is 0 Å². The second kappa shape index (κ2) is 9.47. The summed E-state index contributed by atoms with van der Waals surface area (Å²) >= 11 is 0. The second-order valence-corrected chi connectivity index (χ2v) is 11.0. The third-order valence-corrected chi connectivity index (χ3v) is 8.76. The molecule has 0 aromatic rings. The van der Waals surface area contributed by atoms with Crippen LogP contribution in [0.25, 0.3) is 0 Å². The first-order valence-corrected chi connectivity index (χ1v) is 12.3. The molecule has 0 aromatic carbocycles. The van der Waals surface area contributed by atoms with Gasteiger partial charge in [0.05, 0.1) is 11.9 Å². The van der Waals surface area contributed by atoms with E-state index in [9.17, 15) is 10.2 Å². The Labute approximate surface area is 184 Å². The summed E-state index contributed by atoms with van der Waals surface area (Å²) in [7, 11) is 0. The predicted octanol–water partition coefficient (Wildman–Crippen LogP) is 7.53. The van der Waals surface area contributed by atoms with Crippen molar-refractivity contribution in [3.63, 3.8) is 0 Å². The van der Waals surface area contributed by atoms with Crippen LogP contribution in [0, 0.1) is 35.0 Å². The third kappa shape index (κ3) is 4.79. The van der Waals surface area contributed by atoms with E-state index in [1.165, 1.54) is 43.3 Å². The third-order valence-electron chi connectivity index (χ3n) is 8.76. The highest BCUT2D eigenvalue weighted by molar-refractivity contribution is 5.36. The summed E-state index contributed by atoms with van der Waals surface area (Å²) < 4.78 is 0. The first-order valence-electron chi connectivity index (χ1n) is 12.3. The predicted molar refractivity (Wildman–Crippen MR) is 127 cm³/mol. The molecule has 0 aromatic heterocycles. The average Bonchev–Trinajstić information content (AvgIpc) is 3.05. The van der Waals surface area contributed by atoms with Crippen molar-refractivity contribution < 1.29 is 10.2 Å². The molecule has 0 aliphatic heterocycles. The molecule has 2 N–H and O–H groups in total. The van der Waals surface area contributed by atoms with Crippen molar-refractivity contribution in [2.75, 3.05) is 0 Å². The lowest BCUT2D eigenvalue weighted by molar-refractivity contribution is 0.110. The summed E-state index contributed by atoms with van der Waals surface area (Å²) in [6, 6.07) is 0. The smallest absolute Gasteiger partial charge is 0.0916 e. The van der Waals surface area contributed by atoms with Crippen molar-refractivity contribution in [2.45, 2.75) is 92.1 Å². The van der Waals surface area contributed by atoms with E-state index in [2.05, 4.69) is 59.4 Å². The number of hydrogen-bond donors (Lipinski definition) is 2. The van der Waals surface area contributed by atoms with E-state index in [1.807, 2.05) is 0 Å². The SMILES string of the molecule is C=C1CC[C@H](O)C/C1=C/C=C1\CCC[C@]2(C)[C@@H]([C@H](C)/C=C(\O)[C@H](C)C(C)C)CC[C@@H]12. The zero-order valence-electron chi connectivity index (χ0n) is 20.0. The lowest BCUT2D eigenvalue weighted by Gasteiger charge is -2.44. The van der Waals surface area contributed by atoms with Crippen LogP contribution >= 0.6 is 0 Å². The molecular formula is C28H44O2. The zero-order valence-corrected chi connectivity index (χ0v) is 20.0. The van der Waals surface area contributed by atoms with Gasteiger partial charge < -0.3 is 10.2 Å². The zero-order chi connectivity index (χ0) is 22.1. The highest BCUT2D eigenvalue weighted by atomic mass is 16.3. The topological polar surface area (TPSA) is 40.5 Å². The molecule has 0 spiro atoms. The van der Waals surface area contributed by atoms with E-state index in [-0.39, 0.29) is 12.0 Å². The molecule has 2 heteroatoms. The molecule has 2 nitrogen and oxygen atoms in total. The van der Waals surface area contributed by atoms with Crippen LogP contribution < -0.4 is 0 Å². The molecule has 0 bridgehead atoms. The number of allylic oxidation sites excluding steroid dienone is 6. The highest BCUT2D eigenvalue weighted by Crippen LogP contribution is 2.59. The van der Waals surface area contributed by atoms with Crippen molar-refractivity contribution in [1.82, 2.24) is 0 Å². The van der Waals surface area contributed by atoms with Gasteiger partial charge >= 0.3 is 0 Å². The van der Waals surface area contributed by atoms with E-state index in [0.717, 1.165) is 19.3 Å². The molecule has 3 fully saturated rings. The molecule has 0 saturated heterocycles. The number of fused-ring (bicyclic) bond motifs is 1. The van der Waals surface area contributed by atoms with Gasteiger partial charge in [0.25, 0.3) is 0 Å². The standard InChI is InChI=1S/C28H44O2/c1-18(2)21(5)27(30)16-20(4)25-13-14-26-22(8-7-15-28(25,26)6)10-11-23-17-24(29)12-9-19(23)3/h10-11,16,18,20-21,24-26,29-30H,3,7-9,12-15,17H2,1-2,4-6H3/b22-10+,23-11-,27-16-/t20-,21-,24+,25-,26+,28-/m1/s1. The summed E-state index contributed by atoms with van der Waals surface area (Å²) in [5, 5.41) is 20.7. The normalized spacial score (nSPS) is 37.6. The fraction of sp³-hybridized carbons (Fsp3) is 0.714. The molecule has 0 heterocycles. The maximum Gasteiger partial charge on any atom is 0.0916 e. The second-order valence-electron chi connectivity index (χ2n) is 11.0. The van der Waals surface area contributed by atoms with Gasteiger partial charge in [0.1, 0.15) is 0 Å². The minimum absolute atomic E-state index is 0.207. The Morgan fingerprint density at radius 2 is 1.83 bits per heavy atom. The molecule has 30 heavy (non-hydrogen) atoms. The molecule has 168 valence electrons. The Hall–Kier alpha value is -1.28. The van der Waals surface area contributed by atoms with Crippen molar-refractivity contribution in [3.05, 3.63) is 47.3 Å². The lowest BCUT2D eigenvalue weighted by atomic mass is 9.61. The van der Waals surface area contributed by atoms with Crippen molar-refractivity contribution in [2.24, 2.45) is 35.0 Å². The number of hydrogen-bond acceptors (Lipinski definition) is 2. The quantitative estimate of drug-likeness (QED) is 0.458. The Kier molecular flexibility index (Phi) is 7.38. The lowest BCUT2D eigenvalue weighted by Crippen LogP contribution is -2.35. The maximum absolute atomic E-state index is 10.6.